The SMILES string of the molecule is Cc1nnc(COCC(=O)N2CCc3cccc(F)c3C2)s1. The minimum absolute atomic E-state index is 0.0254. The predicted octanol–water partition coefficient (Wildman–Crippen LogP) is 2.09. The van der Waals surface area contributed by atoms with Crippen molar-refractivity contribution in [3.63, 3.8) is 0 Å². The number of benzene rings is 1. The lowest BCUT2D eigenvalue weighted by atomic mass is 9.99. The number of aryl methyl sites for hydroxylation is 1. The van der Waals surface area contributed by atoms with E-state index in [9.17, 15) is 9.18 Å². The third kappa shape index (κ3) is 3.31. The van der Waals surface area contributed by atoms with Crippen LogP contribution in [-0.2, 0) is 29.1 Å². The van der Waals surface area contributed by atoms with E-state index >= 15 is 0 Å². The number of fused-ring (bicyclic) bond motifs is 1. The van der Waals surface area contributed by atoms with Crippen LogP contribution in [-0.4, -0.2) is 34.2 Å². The van der Waals surface area contributed by atoms with E-state index in [-0.39, 0.29) is 24.9 Å². The molecule has 116 valence electrons. The van der Waals surface area contributed by atoms with Crippen LogP contribution in [0.3, 0.4) is 0 Å². The van der Waals surface area contributed by atoms with Crippen LogP contribution in [0.15, 0.2) is 18.2 Å². The Hall–Kier alpha value is -1.86. The normalized spacial score (nSPS) is 14.0. The second kappa shape index (κ2) is 6.50. The van der Waals surface area contributed by atoms with E-state index in [2.05, 4.69) is 10.2 Å². The summed E-state index contributed by atoms with van der Waals surface area (Å²) in [5.74, 6) is -0.379. The predicted molar refractivity (Wildman–Crippen MR) is 79.8 cm³/mol. The lowest BCUT2D eigenvalue weighted by Crippen LogP contribution is -2.38. The maximum atomic E-state index is 13.8. The van der Waals surface area contributed by atoms with Gasteiger partial charge >= 0.3 is 0 Å². The number of rotatable bonds is 4. The van der Waals surface area contributed by atoms with Gasteiger partial charge < -0.3 is 9.64 Å². The van der Waals surface area contributed by atoms with Crippen molar-refractivity contribution in [2.45, 2.75) is 26.5 Å². The molecule has 1 aromatic carbocycles. The van der Waals surface area contributed by atoms with E-state index < -0.39 is 0 Å². The molecule has 0 saturated carbocycles. The number of aromatic nitrogens is 2. The summed E-state index contributed by atoms with van der Waals surface area (Å²) >= 11 is 1.45. The van der Waals surface area contributed by atoms with Crippen LogP contribution in [0.1, 0.15) is 21.1 Å². The first kappa shape index (κ1) is 15.1. The van der Waals surface area contributed by atoms with Gasteiger partial charge in [-0.25, -0.2) is 4.39 Å². The highest BCUT2D eigenvalue weighted by Gasteiger charge is 2.22. The Bertz CT molecular complexity index is 689. The fourth-order valence-electron chi connectivity index (χ4n) is 2.47. The number of carbonyl (C=O) groups excluding carboxylic acids is 1. The number of amides is 1. The van der Waals surface area contributed by atoms with Gasteiger partial charge in [0.05, 0.1) is 0 Å². The fraction of sp³-hybridized carbons (Fsp3) is 0.400. The van der Waals surface area contributed by atoms with Gasteiger partial charge in [-0.1, -0.05) is 23.5 Å². The average Bonchev–Trinajstić information content (AvgIpc) is 2.93. The Morgan fingerprint density at radius 3 is 3.09 bits per heavy atom. The average molecular weight is 321 g/mol. The first-order chi connectivity index (χ1) is 10.6. The molecular weight excluding hydrogens is 305 g/mol. The summed E-state index contributed by atoms with van der Waals surface area (Å²) in [5.41, 5.74) is 1.59. The quantitative estimate of drug-likeness (QED) is 0.865. The number of ether oxygens (including phenoxy) is 1. The van der Waals surface area contributed by atoms with Crippen LogP contribution in [0.4, 0.5) is 4.39 Å². The molecule has 0 aliphatic carbocycles. The van der Waals surface area contributed by atoms with E-state index in [1.165, 1.54) is 17.4 Å². The van der Waals surface area contributed by atoms with Crippen LogP contribution in [0.5, 0.6) is 0 Å². The van der Waals surface area contributed by atoms with Gasteiger partial charge in [0, 0.05) is 18.7 Å². The molecule has 1 amide bonds. The summed E-state index contributed by atoms with van der Waals surface area (Å²) in [5, 5.41) is 9.44. The molecule has 2 heterocycles. The number of nitrogens with zero attached hydrogens (tertiary/aromatic N) is 3. The van der Waals surface area contributed by atoms with Gasteiger partial charge in [-0.15, -0.1) is 10.2 Å². The zero-order chi connectivity index (χ0) is 15.5. The molecule has 3 rings (SSSR count). The van der Waals surface area contributed by atoms with Crippen molar-refractivity contribution in [2.24, 2.45) is 0 Å². The maximum absolute atomic E-state index is 13.8. The number of halogens is 1. The monoisotopic (exact) mass is 321 g/mol. The molecule has 1 aromatic heterocycles. The molecular formula is C15H16FN3O2S. The van der Waals surface area contributed by atoms with Gasteiger partial charge in [0.25, 0.3) is 0 Å². The van der Waals surface area contributed by atoms with Gasteiger partial charge in [0.15, 0.2) is 0 Å². The van der Waals surface area contributed by atoms with Gasteiger partial charge in [-0.3, -0.25) is 4.79 Å². The lowest BCUT2D eigenvalue weighted by molar-refractivity contribution is -0.137. The molecule has 22 heavy (non-hydrogen) atoms. The standard InChI is InChI=1S/C15H16FN3O2S/c1-10-17-18-14(22-10)8-21-9-15(20)19-6-5-11-3-2-4-13(16)12(11)7-19/h2-4H,5-9H2,1H3. The van der Waals surface area contributed by atoms with Gasteiger partial charge in [-0.05, 0) is 25.0 Å². The van der Waals surface area contributed by atoms with Crippen LogP contribution in [0.2, 0.25) is 0 Å². The van der Waals surface area contributed by atoms with Crippen molar-refractivity contribution in [3.05, 3.63) is 45.2 Å². The molecule has 5 nitrogen and oxygen atoms in total. The molecule has 0 N–H and O–H groups in total. The summed E-state index contributed by atoms with van der Waals surface area (Å²) < 4.78 is 19.2. The van der Waals surface area contributed by atoms with E-state index in [1.807, 2.05) is 13.0 Å². The molecule has 0 bridgehead atoms. The lowest BCUT2D eigenvalue weighted by Gasteiger charge is -2.29. The van der Waals surface area contributed by atoms with Gasteiger partial charge in [-0.2, -0.15) is 0 Å². The smallest absolute Gasteiger partial charge is 0.248 e. The first-order valence-corrected chi connectivity index (χ1v) is 7.86. The molecule has 2 aromatic rings. The van der Waals surface area contributed by atoms with Crippen LogP contribution in [0.25, 0.3) is 0 Å². The van der Waals surface area contributed by atoms with E-state index in [0.717, 1.165) is 15.6 Å². The Balaban J connectivity index is 1.54. The molecule has 0 radical (unpaired) electrons. The third-order valence-corrected chi connectivity index (χ3v) is 4.40. The van der Waals surface area contributed by atoms with Crippen molar-refractivity contribution in [1.29, 1.82) is 0 Å². The molecule has 1 aliphatic heterocycles. The van der Waals surface area contributed by atoms with Crippen LogP contribution >= 0.6 is 11.3 Å². The Kier molecular flexibility index (Phi) is 4.44. The zero-order valence-electron chi connectivity index (χ0n) is 12.2. The highest BCUT2D eigenvalue weighted by atomic mass is 32.1. The minimum atomic E-state index is -0.250. The van der Waals surface area contributed by atoms with E-state index in [0.29, 0.717) is 25.1 Å². The fourth-order valence-corrected chi connectivity index (χ4v) is 3.11. The van der Waals surface area contributed by atoms with Crippen molar-refractivity contribution in [3.8, 4) is 0 Å². The Morgan fingerprint density at radius 2 is 2.32 bits per heavy atom. The van der Waals surface area contributed by atoms with Crippen LogP contribution in [0, 0.1) is 12.7 Å². The number of carbonyl (C=O) groups is 1. The largest absolute Gasteiger partial charge is 0.364 e. The van der Waals surface area contributed by atoms with E-state index in [4.69, 9.17) is 4.74 Å². The van der Waals surface area contributed by atoms with Gasteiger partial charge in [0.1, 0.15) is 29.0 Å². The molecule has 0 atom stereocenters. The maximum Gasteiger partial charge on any atom is 0.248 e. The first-order valence-electron chi connectivity index (χ1n) is 7.04. The molecule has 0 saturated heterocycles. The summed E-state index contributed by atoms with van der Waals surface area (Å²) in [6, 6.07) is 5.05. The second-order valence-electron chi connectivity index (χ2n) is 5.15. The minimum Gasteiger partial charge on any atom is -0.364 e. The molecule has 0 unspecified atom stereocenters. The summed E-state index contributed by atoms with van der Waals surface area (Å²) in [7, 11) is 0. The molecule has 0 spiro atoms. The third-order valence-electron chi connectivity index (χ3n) is 3.59. The van der Waals surface area contributed by atoms with Crippen molar-refractivity contribution in [1.82, 2.24) is 15.1 Å². The van der Waals surface area contributed by atoms with Crippen LogP contribution < -0.4 is 0 Å². The van der Waals surface area contributed by atoms with E-state index in [1.54, 1.807) is 11.0 Å². The number of hydrogen-bond donors (Lipinski definition) is 0. The van der Waals surface area contributed by atoms with Gasteiger partial charge in [0.2, 0.25) is 5.91 Å². The Labute approximate surface area is 131 Å². The van der Waals surface area contributed by atoms with Crippen molar-refractivity contribution >= 4 is 17.2 Å². The summed E-state index contributed by atoms with van der Waals surface area (Å²) in [6.07, 6.45) is 0.675. The molecule has 0 fully saturated rings. The topological polar surface area (TPSA) is 55.3 Å². The second-order valence-corrected chi connectivity index (χ2v) is 6.42. The summed E-state index contributed by atoms with van der Waals surface area (Å²) in [6.45, 7) is 3.02. The van der Waals surface area contributed by atoms with Crippen molar-refractivity contribution < 1.29 is 13.9 Å². The highest BCUT2D eigenvalue weighted by Crippen LogP contribution is 2.21. The number of hydrogen-bond acceptors (Lipinski definition) is 5. The summed E-state index contributed by atoms with van der Waals surface area (Å²) in [4.78, 5) is 13.8. The highest BCUT2D eigenvalue weighted by molar-refractivity contribution is 7.11. The molecule has 7 heteroatoms. The zero-order valence-corrected chi connectivity index (χ0v) is 13.0. The van der Waals surface area contributed by atoms with Crippen molar-refractivity contribution in [2.75, 3.05) is 13.2 Å². The Morgan fingerprint density at radius 1 is 1.45 bits per heavy atom. The molecule has 1 aliphatic rings.